The number of rotatable bonds is 5. The lowest BCUT2D eigenvalue weighted by Crippen LogP contribution is -2.38. The monoisotopic (exact) mass is 503 g/mol. The molecule has 1 aliphatic rings. The van der Waals surface area contributed by atoms with Crippen LogP contribution in [-0.2, 0) is 6.54 Å². The first-order valence-corrected chi connectivity index (χ1v) is 12.8. The Balaban J connectivity index is 1.52. The van der Waals surface area contributed by atoms with Gasteiger partial charge in [-0.25, -0.2) is 9.48 Å². The van der Waals surface area contributed by atoms with E-state index in [1.165, 1.54) is 0 Å². The molecule has 1 N–H and O–H groups in total. The maximum Gasteiger partial charge on any atom is 0.322 e. The van der Waals surface area contributed by atoms with Gasteiger partial charge in [0.2, 0.25) is 0 Å². The highest BCUT2D eigenvalue weighted by Crippen LogP contribution is 2.39. The number of anilines is 1. The van der Waals surface area contributed by atoms with E-state index < -0.39 is 0 Å². The van der Waals surface area contributed by atoms with Crippen LogP contribution in [0.4, 0.5) is 10.5 Å². The van der Waals surface area contributed by atoms with Crippen molar-refractivity contribution in [1.29, 1.82) is 0 Å². The molecular formula is C31H29N5O2. The highest BCUT2D eigenvalue weighted by Gasteiger charge is 2.36. The summed E-state index contributed by atoms with van der Waals surface area (Å²) in [5.74, 6) is 1.75. The normalized spacial score (nSPS) is 14.4. The molecule has 0 spiro atoms. The quantitative estimate of drug-likeness (QED) is 0.297. The lowest BCUT2D eigenvalue weighted by Gasteiger charge is -2.31. The Bertz CT molecular complexity index is 1560. The molecule has 7 heteroatoms. The summed E-state index contributed by atoms with van der Waals surface area (Å²) in [6.45, 7) is 4.97. The van der Waals surface area contributed by atoms with Crippen molar-refractivity contribution < 1.29 is 9.53 Å². The van der Waals surface area contributed by atoms with Crippen LogP contribution in [0.2, 0.25) is 0 Å². The molecule has 0 bridgehead atoms. The van der Waals surface area contributed by atoms with Crippen LogP contribution in [0.5, 0.6) is 5.75 Å². The van der Waals surface area contributed by atoms with Crippen LogP contribution in [0.1, 0.15) is 35.5 Å². The first-order valence-electron chi connectivity index (χ1n) is 12.8. The van der Waals surface area contributed by atoms with E-state index in [2.05, 4.69) is 22.1 Å². The minimum absolute atomic E-state index is 0.178. The molecule has 0 radical (unpaired) electrons. The smallest absolute Gasteiger partial charge is 0.322 e. The highest BCUT2D eigenvalue weighted by atomic mass is 16.5. The largest absolute Gasteiger partial charge is 0.494 e. The Morgan fingerprint density at radius 3 is 2.37 bits per heavy atom. The standard InChI is InChI=1S/C31H29N5O2/c1-3-38-26-18-16-23(17-19-26)29-28-15-10-20-34(28)30-27(22(2)33-36(30)25-13-8-5-9-14-25)21-35(29)31(37)32-24-11-6-4-7-12-24/h4-20,29H,3,21H2,1-2H3,(H,32,37). The molecule has 5 aromatic rings. The van der Waals surface area contributed by atoms with E-state index in [1.807, 2.05) is 114 Å². The number of carbonyl (C=O) groups is 1. The summed E-state index contributed by atoms with van der Waals surface area (Å²) >= 11 is 0. The number of fused-ring (bicyclic) bond motifs is 3. The number of aryl methyl sites for hydroxylation is 1. The fourth-order valence-electron chi connectivity index (χ4n) is 5.13. The number of nitrogens with zero attached hydrogens (tertiary/aromatic N) is 4. The van der Waals surface area contributed by atoms with Gasteiger partial charge in [-0.2, -0.15) is 5.10 Å². The molecular weight excluding hydrogens is 474 g/mol. The third-order valence-corrected chi connectivity index (χ3v) is 6.88. The van der Waals surface area contributed by atoms with E-state index >= 15 is 0 Å². The number of urea groups is 1. The summed E-state index contributed by atoms with van der Waals surface area (Å²) < 4.78 is 9.83. The van der Waals surface area contributed by atoms with E-state index in [-0.39, 0.29) is 12.1 Å². The molecule has 38 heavy (non-hydrogen) atoms. The van der Waals surface area contributed by atoms with Gasteiger partial charge in [-0.15, -0.1) is 0 Å². The van der Waals surface area contributed by atoms with E-state index in [4.69, 9.17) is 9.84 Å². The number of hydrogen-bond donors (Lipinski definition) is 1. The topological polar surface area (TPSA) is 64.3 Å². The third-order valence-electron chi connectivity index (χ3n) is 6.88. The van der Waals surface area contributed by atoms with Crippen LogP contribution in [0.15, 0.2) is 103 Å². The average Bonchev–Trinajstić information content (AvgIpc) is 3.51. The summed E-state index contributed by atoms with van der Waals surface area (Å²) in [6, 6.07) is 31.3. The van der Waals surface area contributed by atoms with Gasteiger partial charge in [0.1, 0.15) is 11.6 Å². The van der Waals surface area contributed by atoms with Gasteiger partial charge in [-0.3, -0.25) is 0 Å². The third kappa shape index (κ3) is 4.22. The lowest BCUT2D eigenvalue weighted by molar-refractivity contribution is 0.194. The number of nitrogens with one attached hydrogen (secondary N) is 1. The van der Waals surface area contributed by atoms with Gasteiger partial charge in [0.05, 0.1) is 36.3 Å². The predicted octanol–water partition coefficient (Wildman–Crippen LogP) is 6.51. The van der Waals surface area contributed by atoms with E-state index in [9.17, 15) is 4.79 Å². The Kier molecular flexibility index (Phi) is 6.17. The first-order chi connectivity index (χ1) is 18.6. The summed E-state index contributed by atoms with van der Waals surface area (Å²) in [6.07, 6.45) is 2.05. The fourth-order valence-corrected chi connectivity index (χ4v) is 5.13. The van der Waals surface area contributed by atoms with E-state index in [0.717, 1.165) is 45.5 Å². The van der Waals surface area contributed by atoms with Crippen molar-refractivity contribution >= 4 is 11.7 Å². The molecule has 1 unspecified atom stereocenters. The van der Waals surface area contributed by atoms with Crippen molar-refractivity contribution in [3.05, 3.63) is 126 Å². The van der Waals surface area contributed by atoms with Crippen molar-refractivity contribution in [2.75, 3.05) is 11.9 Å². The van der Waals surface area contributed by atoms with Gasteiger partial charge in [0, 0.05) is 17.4 Å². The Morgan fingerprint density at radius 1 is 0.947 bits per heavy atom. The number of aromatic nitrogens is 3. The Labute approximate surface area is 221 Å². The molecule has 190 valence electrons. The first kappa shape index (κ1) is 23.6. The maximum absolute atomic E-state index is 14.0. The van der Waals surface area contributed by atoms with E-state index in [1.54, 1.807) is 0 Å². The van der Waals surface area contributed by atoms with Crippen molar-refractivity contribution in [2.45, 2.75) is 26.4 Å². The molecule has 0 aliphatic carbocycles. The van der Waals surface area contributed by atoms with Crippen LogP contribution in [0, 0.1) is 6.92 Å². The molecule has 1 aliphatic heterocycles. The number of benzene rings is 3. The van der Waals surface area contributed by atoms with Crippen molar-refractivity contribution in [3.8, 4) is 17.3 Å². The molecule has 1 atom stereocenters. The zero-order valence-corrected chi connectivity index (χ0v) is 21.4. The molecule has 0 fully saturated rings. The predicted molar refractivity (Wildman–Crippen MR) is 148 cm³/mol. The zero-order chi connectivity index (χ0) is 26.1. The summed E-state index contributed by atoms with van der Waals surface area (Å²) in [7, 11) is 0. The van der Waals surface area contributed by atoms with Crippen molar-refractivity contribution in [3.63, 3.8) is 0 Å². The highest BCUT2D eigenvalue weighted by molar-refractivity contribution is 5.90. The molecule has 0 saturated carbocycles. The van der Waals surface area contributed by atoms with E-state index in [0.29, 0.717) is 13.2 Å². The molecule has 6 rings (SSSR count). The number of para-hydroxylation sites is 2. The van der Waals surface area contributed by atoms with Gasteiger partial charge >= 0.3 is 6.03 Å². The molecule has 0 saturated heterocycles. The van der Waals surface area contributed by atoms with Gasteiger partial charge in [-0.05, 0) is 67.9 Å². The van der Waals surface area contributed by atoms with Crippen LogP contribution < -0.4 is 10.1 Å². The summed E-state index contributed by atoms with van der Waals surface area (Å²) in [5, 5.41) is 8.02. The number of hydrogen-bond acceptors (Lipinski definition) is 3. The van der Waals surface area contributed by atoms with Gasteiger partial charge in [0.15, 0.2) is 0 Å². The number of ether oxygens (including phenoxy) is 1. The lowest BCUT2D eigenvalue weighted by atomic mass is 10.0. The minimum Gasteiger partial charge on any atom is -0.494 e. The molecule has 7 nitrogen and oxygen atoms in total. The number of carbonyl (C=O) groups excluding carboxylic acids is 1. The minimum atomic E-state index is -0.333. The van der Waals surface area contributed by atoms with Crippen LogP contribution in [0.3, 0.4) is 0 Å². The Morgan fingerprint density at radius 2 is 1.66 bits per heavy atom. The van der Waals surface area contributed by atoms with Gasteiger partial charge in [-0.1, -0.05) is 48.5 Å². The second-order valence-electron chi connectivity index (χ2n) is 9.27. The molecule has 2 aromatic heterocycles. The maximum atomic E-state index is 14.0. The van der Waals surface area contributed by atoms with Crippen molar-refractivity contribution in [2.24, 2.45) is 0 Å². The van der Waals surface area contributed by atoms with Crippen molar-refractivity contribution in [1.82, 2.24) is 19.2 Å². The fraction of sp³-hybridized carbons (Fsp3) is 0.161. The summed E-state index contributed by atoms with van der Waals surface area (Å²) in [4.78, 5) is 15.8. The average molecular weight is 504 g/mol. The molecule has 2 amide bonds. The zero-order valence-electron chi connectivity index (χ0n) is 21.4. The second kappa shape index (κ2) is 9.94. The van der Waals surface area contributed by atoms with Crippen LogP contribution in [0.25, 0.3) is 11.5 Å². The van der Waals surface area contributed by atoms with Crippen LogP contribution >= 0.6 is 0 Å². The second-order valence-corrected chi connectivity index (χ2v) is 9.27. The van der Waals surface area contributed by atoms with Crippen LogP contribution in [-0.4, -0.2) is 31.9 Å². The van der Waals surface area contributed by atoms with Gasteiger partial charge < -0.3 is 19.5 Å². The number of amides is 2. The molecule has 3 heterocycles. The SMILES string of the molecule is CCOc1ccc(C2c3cccn3-c3c(c(C)nn3-c3ccccc3)CN2C(=O)Nc2ccccc2)cc1. The van der Waals surface area contributed by atoms with Gasteiger partial charge in [0.25, 0.3) is 0 Å². The Hall–Kier alpha value is -4.78. The summed E-state index contributed by atoms with van der Waals surface area (Å²) in [5.41, 5.74) is 5.58. The molecule has 3 aromatic carbocycles.